The summed E-state index contributed by atoms with van der Waals surface area (Å²) in [6.07, 6.45) is -0.732. The molecule has 0 bridgehead atoms. The predicted octanol–water partition coefficient (Wildman–Crippen LogP) is -0.595. The van der Waals surface area contributed by atoms with E-state index in [1.54, 1.807) is 6.92 Å². The van der Waals surface area contributed by atoms with Crippen molar-refractivity contribution in [1.29, 1.82) is 0 Å². The van der Waals surface area contributed by atoms with Crippen molar-refractivity contribution in [2.45, 2.75) is 6.92 Å². The highest BCUT2D eigenvalue weighted by Gasteiger charge is 1.93. The van der Waals surface area contributed by atoms with Crippen LogP contribution in [0.2, 0.25) is 0 Å². The first-order chi connectivity index (χ1) is 6.16. The van der Waals surface area contributed by atoms with Crippen LogP contribution in [0.3, 0.4) is 0 Å². The molecule has 0 radical (unpaired) electrons. The smallest absolute Gasteiger partial charge is 0.428 e. The van der Waals surface area contributed by atoms with Gasteiger partial charge in [0.1, 0.15) is 6.01 Å². The van der Waals surface area contributed by atoms with Gasteiger partial charge in [-0.1, -0.05) is 0 Å². The summed E-state index contributed by atoms with van der Waals surface area (Å²) >= 11 is 0. The molecule has 0 aromatic carbocycles. The highest BCUT2D eigenvalue weighted by Crippen LogP contribution is 1.73. The number of nitrogens with two attached hydrogens (primary N) is 1. The van der Waals surface area contributed by atoms with Crippen molar-refractivity contribution >= 4 is 18.1 Å². The van der Waals surface area contributed by atoms with Gasteiger partial charge in [0.25, 0.3) is 0 Å². The molecule has 72 valence electrons. The van der Waals surface area contributed by atoms with Crippen LogP contribution in [0.4, 0.5) is 9.59 Å². The van der Waals surface area contributed by atoms with Crippen LogP contribution in [-0.4, -0.2) is 24.7 Å². The fourth-order valence-corrected chi connectivity index (χ4v) is 0.339. The van der Waals surface area contributed by atoms with Gasteiger partial charge in [0.05, 0.1) is 6.61 Å². The number of carbonyl (C=O) groups excluding carboxylic acids is 2. The summed E-state index contributed by atoms with van der Waals surface area (Å²) in [5.41, 5.74) is 8.39. The number of amides is 3. The molecule has 3 amide bonds. The summed E-state index contributed by atoms with van der Waals surface area (Å²) in [4.78, 5) is 20.5. The first kappa shape index (κ1) is 10.9. The molecule has 13 heavy (non-hydrogen) atoms. The fraction of sp³-hybridized carbons (Fsp3) is 0.400. The van der Waals surface area contributed by atoms with E-state index in [-0.39, 0.29) is 6.61 Å². The average Bonchev–Trinajstić information content (AvgIpc) is 2.03. The molecule has 0 unspecified atom stereocenters. The van der Waals surface area contributed by atoms with Crippen molar-refractivity contribution in [2.75, 3.05) is 6.61 Å². The van der Waals surface area contributed by atoms with E-state index < -0.39 is 12.1 Å². The lowest BCUT2D eigenvalue weighted by molar-refractivity contribution is 0.152. The number of carbonyl (C=O) groups is 2. The van der Waals surface area contributed by atoms with Gasteiger partial charge in [0.15, 0.2) is 0 Å². The number of hydrogen-bond acceptors (Lipinski definition) is 5. The van der Waals surface area contributed by atoms with Gasteiger partial charge in [0, 0.05) is 0 Å². The molecule has 0 aromatic rings. The van der Waals surface area contributed by atoms with Crippen molar-refractivity contribution in [2.24, 2.45) is 15.9 Å². The molecule has 0 saturated heterocycles. The lowest BCUT2D eigenvalue weighted by Gasteiger charge is -1.95. The molecule has 8 heteroatoms. The quantitative estimate of drug-likeness (QED) is 0.404. The maximum absolute atomic E-state index is 10.5. The number of primary amides is 1. The van der Waals surface area contributed by atoms with Gasteiger partial charge in [-0.05, 0) is 6.92 Å². The zero-order valence-electron chi connectivity index (χ0n) is 6.90. The monoisotopic (exact) mass is 187 g/mol. The predicted molar refractivity (Wildman–Crippen MR) is 42.7 cm³/mol. The van der Waals surface area contributed by atoms with Crippen LogP contribution in [-0.2, 0) is 4.74 Å². The van der Waals surface area contributed by atoms with Crippen molar-refractivity contribution in [1.82, 2.24) is 10.9 Å². The average molecular weight is 187 g/mol. The molecule has 0 aromatic heterocycles. The fourth-order valence-electron chi connectivity index (χ4n) is 0.339. The first-order valence-electron chi connectivity index (χ1n) is 3.29. The molecule has 0 aliphatic carbocycles. The second-order valence-electron chi connectivity index (χ2n) is 1.63. The second kappa shape index (κ2) is 6.62. The highest BCUT2D eigenvalue weighted by atomic mass is 16.5. The second-order valence-corrected chi connectivity index (χ2v) is 1.63. The van der Waals surface area contributed by atoms with Gasteiger partial charge in [0.2, 0.25) is 0 Å². The minimum atomic E-state index is -0.848. The van der Waals surface area contributed by atoms with Crippen molar-refractivity contribution in [3.63, 3.8) is 0 Å². The summed E-state index contributed by atoms with van der Waals surface area (Å²) in [7, 11) is 0. The SMILES string of the molecule is CCOC(=O)NN=C=NNC(N)=O. The van der Waals surface area contributed by atoms with Crippen LogP contribution in [0, 0.1) is 0 Å². The molecular weight excluding hydrogens is 178 g/mol. The molecule has 0 aliphatic heterocycles. The Balaban J connectivity index is 3.67. The van der Waals surface area contributed by atoms with E-state index >= 15 is 0 Å². The van der Waals surface area contributed by atoms with E-state index in [2.05, 4.69) is 20.7 Å². The molecule has 0 spiro atoms. The Morgan fingerprint density at radius 1 is 1.46 bits per heavy atom. The molecular formula is C5H9N5O3. The molecule has 0 aliphatic rings. The summed E-state index contributed by atoms with van der Waals surface area (Å²) in [5.74, 6) is 0. The van der Waals surface area contributed by atoms with Gasteiger partial charge in [-0.25, -0.2) is 20.4 Å². The van der Waals surface area contributed by atoms with E-state index in [0.29, 0.717) is 0 Å². The zero-order valence-corrected chi connectivity index (χ0v) is 6.90. The number of hydrazone groups is 2. The number of rotatable bonds is 3. The van der Waals surface area contributed by atoms with Gasteiger partial charge >= 0.3 is 12.1 Å². The van der Waals surface area contributed by atoms with Crippen LogP contribution in [0.25, 0.3) is 0 Å². The van der Waals surface area contributed by atoms with E-state index in [4.69, 9.17) is 0 Å². The van der Waals surface area contributed by atoms with Crippen LogP contribution in [0.15, 0.2) is 10.2 Å². The van der Waals surface area contributed by atoms with E-state index in [1.165, 1.54) is 0 Å². The first-order valence-corrected chi connectivity index (χ1v) is 3.29. The van der Waals surface area contributed by atoms with Gasteiger partial charge in [-0.2, -0.15) is 0 Å². The van der Waals surface area contributed by atoms with Crippen LogP contribution in [0.1, 0.15) is 6.92 Å². The standard InChI is InChI=1S/C5H9N5O3/c1-2-13-5(12)10-8-3-7-9-4(6)11/h2H2,1H3,(H,10,12)(H3,6,9,11). The number of ether oxygens (including phenoxy) is 1. The third-order valence-corrected chi connectivity index (χ3v) is 0.689. The van der Waals surface area contributed by atoms with E-state index in [1.807, 2.05) is 16.9 Å². The van der Waals surface area contributed by atoms with Crippen molar-refractivity contribution in [3.05, 3.63) is 0 Å². The maximum atomic E-state index is 10.5. The molecule has 0 heterocycles. The number of nitrogens with zero attached hydrogens (tertiary/aromatic N) is 2. The van der Waals surface area contributed by atoms with Crippen molar-refractivity contribution < 1.29 is 14.3 Å². The number of hydrogen-bond donors (Lipinski definition) is 3. The normalized spacial score (nSPS) is 7.77. The van der Waals surface area contributed by atoms with Gasteiger partial charge < -0.3 is 10.5 Å². The minimum Gasteiger partial charge on any atom is -0.449 e. The zero-order chi connectivity index (χ0) is 10.1. The molecule has 8 nitrogen and oxygen atoms in total. The van der Waals surface area contributed by atoms with E-state index in [0.717, 1.165) is 0 Å². The number of urea groups is 1. The minimum absolute atomic E-state index is 0.234. The largest absolute Gasteiger partial charge is 0.449 e. The third kappa shape index (κ3) is 7.82. The molecule has 0 saturated carbocycles. The third-order valence-electron chi connectivity index (χ3n) is 0.689. The molecule has 0 fully saturated rings. The van der Waals surface area contributed by atoms with E-state index in [9.17, 15) is 9.59 Å². The Labute approximate surface area is 73.8 Å². The Bertz CT molecular complexity index is 245. The Kier molecular flexibility index (Phi) is 5.56. The van der Waals surface area contributed by atoms with Crippen LogP contribution in [0.5, 0.6) is 0 Å². The summed E-state index contributed by atoms with van der Waals surface area (Å²) in [6.45, 7) is 1.88. The summed E-state index contributed by atoms with van der Waals surface area (Å²) in [5, 5.41) is 6.24. The summed E-state index contributed by atoms with van der Waals surface area (Å²) in [6, 6.07) is 1.08. The Morgan fingerprint density at radius 3 is 2.62 bits per heavy atom. The lowest BCUT2D eigenvalue weighted by Crippen LogP contribution is -2.24. The maximum Gasteiger partial charge on any atom is 0.428 e. The van der Waals surface area contributed by atoms with Crippen LogP contribution < -0.4 is 16.6 Å². The van der Waals surface area contributed by atoms with Gasteiger partial charge in [-0.15, -0.1) is 10.2 Å². The Hall–Kier alpha value is -2.08. The lowest BCUT2D eigenvalue weighted by atomic mass is 10.9. The van der Waals surface area contributed by atoms with Crippen LogP contribution >= 0.6 is 0 Å². The number of nitrogens with one attached hydrogen (secondary N) is 2. The molecule has 4 N–H and O–H groups in total. The van der Waals surface area contributed by atoms with Gasteiger partial charge in [-0.3, -0.25) is 0 Å². The molecule has 0 rings (SSSR count). The summed E-state index contributed by atoms with van der Waals surface area (Å²) < 4.78 is 4.43. The Morgan fingerprint density at radius 2 is 2.08 bits per heavy atom. The highest BCUT2D eigenvalue weighted by molar-refractivity contribution is 5.72. The topological polar surface area (TPSA) is 118 Å². The van der Waals surface area contributed by atoms with Crippen molar-refractivity contribution in [3.8, 4) is 0 Å². The molecule has 0 atom stereocenters.